The lowest BCUT2D eigenvalue weighted by atomic mass is 10.1. The predicted octanol–water partition coefficient (Wildman–Crippen LogP) is 6.52. The van der Waals surface area contributed by atoms with Gasteiger partial charge in [-0.25, -0.2) is 9.18 Å². The number of carboxylic acids is 1. The second-order valence-corrected chi connectivity index (χ2v) is 8.99. The Kier molecular flexibility index (Phi) is 8.60. The number of hydrogen-bond donors (Lipinski definition) is 4. The zero-order chi connectivity index (χ0) is 24.0. The molecule has 3 rings (SSSR count). The number of halogens is 3. The summed E-state index contributed by atoms with van der Waals surface area (Å²) < 4.78 is 13.4. The van der Waals surface area contributed by atoms with Crippen LogP contribution in [0.25, 0.3) is 0 Å². The molecule has 4 N–H and O–H groups in total. The number of carboxylic acid groups (broad SMARTS) is 1. The molecule has 0 saturated carbocycles. The van der Waals surface area contributed by atoms with Gasteiger partial charge in [0, 0.05) is 35.2 Å². The summed E-state index contributed by atoms with van der Waals surface area (Å²) in [6.07, 6.45) is 1.50. The van der Waals surface area contributed by atoms with E-state index in [1.54, 1.807) is 24.3 Å². The van der Waals surface area contributed by atoms with Gasteiger partial charge < -0.3 is 20.9 Å². The average molecular weight is 599 g/mol. The third-order valence-corrected chi connectivity index (χ3v) is 6.01. The number of benzene rings is 3. The van der Waals surface area contributed by atoms with Crippen LogP contribution in [-0.4, -0.2) is 29.1 Å². The molecule has 1 atom stereocenters. The zero-order valence-corrected chi connectivity index (χ0v) is 20.8. The van der Waals surface area contributed by atoms with Gasteiger partial charge in [0.05, 0.1) is 16.9 Å². The topological polar surface area (TPSA) is 106 Å². The second kappa shape index (κ2) is 11.4. The molecule has 1 amide bonds. The maximum absolute atomic E-state index is 13.4. The summed E-state index contributed by atoms with van der Waals surface area (Å²) in [6.45, 7) is 0. The van der Waals surface area contributed by atoms with Crippen LogP contribution in [0.3, 0.4) is 0 Å². The van der Waals surface area contributed by atoms with Crippen LogP contribution in [0.4, 0.5) is 32.8 Å². The van der Waals surface area contributed by atoms with Gasteiger partial charge in [-0.3, -0.25) is 9.69 Å². The monoisotopic (exact) mass is 598 g/mol. The lowest BCUT2D eigenvalue weighted by molar-refractivity contribution is -0.115. The Balaban J connectivity index is 2.19. The summed E-state index contributed by atoms with van der Waals surface area (Å²) >= 11 is 8.08. The molecule has 0 spiro atoms. The SMILES string of the molecule is N=Cc1cc(Nc2ccc(F)cc2)c(N(C(=O)CCl)c2ccc(C(=O)O)cc2)cc1NPI. The van der Waals surface area contributed by atoms with Crippen LogP contribution in [-0.2, 0) is 4.79 Å². The number of anilines is 5. The van der Waals surface area contributed by atoms with Crippen molar-refractivity contribution in [3.05, 3.63) is 77.6 Å². The van der Waals surface area contributed by atoms with Crippen LogP contribution in [0.15, 0.2) is 60.7 Å². The maximum atomic E-state index is 13.4. The van der Waals surface area contributed by atoms with Crippen LogP contribution in [0.1, 0.15) is 15.9 Å². The van der Waals surface area contributed by atoms with Gasteiger partial charge in [-0.05, 0) is 82.7 Å². The summed E-state index contributed by atoms with van der Waals surface area (Å²) in [6, 6.07) is 15.0. The molecule has 0 saturated heterocycles. The van der Waals surface area contributed by atoms with Gasteiger partial charge in [-0.15, -0.1) is 11.6 Å². The van der Waals surface area contributed by atoms with Crippen LogP contribution in [0.2, 0.25) is 0 Å². The van der Waals surface area contributed by atoms with Crippen LogP contribution >= 0.6 is 40.0 Å². The second-order valence-electron chi connectivity index (χ2n) is 6.67. The summed E-state index contributed by atoms with van der Waals surface area (Å²) in [7, 11) is 0. The van der Waals surface area contributed by atoms with E-state index in [4.69, 9.17) is 17.0 Å². The number of carbonyl (C=O) groups excluding carboxylic acids is 1. The Morgan fingerprint density at radius 2 is 1.79 bits per heavy atom. The summed E-state index contributed by atoms with van der Waals surface area (Å²) in [5, 5.41) is 23.4. The van der Waals surface area contributed by atoms with Gasteiger partial charge in [-0.1, -0.05) is 0 Å². The standard InChI is InChI=1S/C22H18ClFIN4O3P/c23-11-21(30)29(17-7-1-13(2-8-17)22(31)32)20-10-18(28-33-25)14(12-26)9-19(20)27-16-5-3-15(24)4-6-16/h1-10,12,26-28,33H,11H2,(H,31,32). The smallest absolute Gasteiger partial charge is 0.335 e. The number of alkyl halides is 1. The number of amides is 1. The van der Waals surface area contributed by atoms with E-state index in [1.807, 2.05) is 0 Å². The molecule has 33 heavy (non-hydrogen) atoms. The quantitative estimate of drug-likeness (QED) is 0.0971. The van der Waals surface area contributed by atoms with E-state index in [-0.39, 0.29) is 17.3 Å². The van der Waals surface area contributed by atoms with Gasteiger partial charge >= 0.3 is 5.97 Å². The summed E-state index contributed by atoms with van der Waals surface area (Å²) in [5.74, 6) is -2.23. The fraction of sp³-hybridized carbons (Fsp3) is 0.0455. The molecule has 0 radical (unpaired) electrons. The zero-order valence-electron chi connectivity index (χ0n) is 16.9. The Morgan fingerprint density at radius 3 is 2.33 bits per heavy atom. The Morgan fingerprint density at radius 1 is 1.12 bits per heavy atom. The van der Waals surface area contributed by atoms with Crippen molar-refractivity contribution in [1.82, 2.24) is 0 Å². The summed E-state index contributed by atoms with van der Waals surface area (Å²) in [4.78, 5) is 25.6. The van der Waals surface area contributed by atoms with E-state index in [1.165, 1.54) is 47.5 Å². The van der Waals surface area contributed by atoms with Crippen molar-refractivity contribution in [3.63, 3.8) is 0 Å². The average Bonchev–Trinajstić information content (AvgIpc) is 2.82. The van der Waals surface area contributed by atoms with E-state index in [9.17, 15) is 19.1 Å². The molecule has 0 aliphatic heterocycles. The Bertz CT molecular complexity index is 1180. The van der Waals surface area contributed by atoms with E-state index in [0.717, 1.165) is 0 Å². The first-order chi connectivity index (χ1) is 15.9. The third-order valence-electron chi connectivity index (χ3n) is 4.61. The van der Waals surface area contributed by atoms with Crippen LogP contribution in [0.5, 0.6) is 0 Å². The van der Waals surface area contributed by atoms with Gasteiger partial charge in [0.25, 0.3) is 0 Å². The van der Waals surface area contributed by atoms with Crippen molar-refractivity contribution in [1.29, 1.82) is 5.41 Å². The molecule has 0 aliphatic carbocycles. The minimum absolute atomic E-state index is 0.0781. The molecular formula is C22H18ClFIN4O3P. The molecule has 1 unspecified atom stereocenters. The highest BCUT2D eigenvalue weighted by Gasteiger charge is 2.23. The minimum atomic E-state index is -1.08. The maximum Gasteiger partial charge on any atom is 0.335 e. The fourth-order valence-electron chi connectivity index (χ4n) is 3.09. The van der Waals surface area contributed by atoms with E-state index < -0.39 is 11.9 Å². The fourth-order valence-corrected chi connectivity index (χ4v) is 4.40. The van der Waals surface area contributed by atoms with Crippen molar-refractivity contribution >= 4 is 86.5 Å². The lowest BCUT2D eigenvalue weighted by Gasteiger charge is -2.27. The number of nitrogens with zero attached hydrogens (tertiary/aromatic N) is 1. The Hall–Kier alpha value is -2.75. The Labute approximate surface area is 209 Å². The first-order valence-corrected chi connectivity index (χ1v) is 14.1. The largest absolute Gasteiger partial charge is 0.478 e. The normalized spacial score (nSPS) is 10.8. The van der Waals surface area contributed by atoms with Crippen molar-refractivity contribution in [3.8, 4) is 0 Å². The molecule has 170 valence electrons. The molecule has 3 aromatic rings. The molecule has 0 heterocycles. The van der Waals surface area contributed by atoms with Crippen molar-refractivity contribution < 1.29 is 19.1 Å². The first kappa shape index (κ1) is 24.9. The van der Waals surface area contributed by atoms with Crippen LogP contribution in [0, 0.1) is 11.2 Å². The molecule has 0 bridgehead atoms. The van der Waals surface area contributed by atoms with Crippen molar-refractivity contribution in [2.45, 2.75) is 0 Å². The lowest BCUT2D eigenvalue weighted by Crippen LogP contribution is -2.28. The molecule has 0 fully saturated rings. The van der Waals surface area contributed by atoms with Gasteiger partial charge in [-0.2, -0.15) is 0 Å². The van der Waals surface area contributed by atoms with Crippen molar-refractivity contribution in [2.75, 3.05) is 21.2 Å². The van der Waals surface area contributed by atoms with E-state index >= 15 is 0 Å². The summed E-state index contributed by atoms with van der Waals surface area (Å²) in [5.41, 5.74) is 3.18. The number of hydrogen-bond acceptors (Lipinski definition) is 5. The van der Waals surface area contributed by atoms with Crippen LogP contribution < -0.4 is 15.3 Å². The highest BCUT2D eigenvalue weighted by Crippen LogP contribution is 2.40. The third kappa shape index (κ3) is 5.98. The molecule has 0 aromatic heterocycles. The molecule has 11 heteroatoms. The number of aromatic carboxylic acids is 1. The predicted molar refractivity (Wildman–Crippen MR) is 141 cm³/mol. The van der Waals surface area contributed by atoms with Crippen molar-refractivity contribution in [2.24, 2.45) is 0 Å². The number of rotatable bonds is 9. The highest BCUT2D eigenvalue weighted by molar-refractivity contribution is 14.2. The van der Waals surface area contributed by atoms with Gasteiger partial charge in [0.2, 0.25) is 5.91 Å². The van der Waals surface area contributed by atoms with Gasteiger partial charge in [0.1, 0.15) is 11.7 Å². The number of nitrogens with one attached hydrogen (secondary N) is 3. The molecule has 7 nitrogen and oxygen atoms in total. The van der Waals surface area contributed by atoms with Gasteiger partial charge in [0.15, 0.2) is 0 Å². The van der Waals surface area contributed by atoms with E-state index in [0.29, 0.717) is 40.4 Å². The first-order valence-electron chi connectivity index (χ1n) is 9.43. The highest BCUT2D eigenvalue weighted by atomic mass is 127. The number of carbonyl (C=O) groups is 2. The molecular weight excluding hydrogens is 581 g/mol. The molecule has 3 aromatic carbocycles. The minimum Gasteiger partial charge on any atom is -0.478 e. The molecule has 0 aliphatic rings. The van der Waals surface area contributed by atoms with E-state index in [2.05, 4.69) is 32.4 Å².